The number of nitrogens with two attached hydrogens (primary N) is 3. The molecule has 0 saturated heterocycles. The van der Waals surface area contributed by atoms with Crippen LogP contribution in [0.2, 0.25) is 0 Å². The van der Waals surface area contributed by atoms with Gasteiger partial charge in [0.05, 0.1) is 12.5 Å². The minimum absolute atomic E-state index is 0.0832. The van der Waals surface area contributed by atoms with E-state index in [-0.39, 0.29) is 31.6 Å². The Morgan fingerprint density at radius 2 is 1.34 bits per heavy atom. The summed E-state index contributed by atoms with van der Waals surface area (Å²) in [5.41, 5.74) is 16.2. The molecule has 0 spiro atoms. The Balaban J connectivity index is 5.51. The Bertz CT molecular complexity index is 760. The molecule has 0 aliphatic carbocycles. The quantitative estimate of drug-likeness (QED) is 0.0935. The van der Waals surface area contributed by atoms with E-state index in [4.69, 9.17) is 22.3 Å². The molecule has 0 aromatic heterocycles. The third-order valence-corrected chi connectivity index (χ3v) is 4.95. The molecule has 0 aromatic rings. The molecule has 0 aromatic carbocycles. The summed E-state index contributed by atoms with van der Waals surface area (Å²) in [5, 5.41) is 25.2. The van der Waals surface area contributed by atoms with E-state index in [1.54, 1.807) is 13.8 Å². The van der Waals surface area contributed by atoms with E-state index < -0.39 is 66.2 Å². The highest BCUT2D eigenvalue weighted by Gasteiger charge is 2.31. The van der Waals surface area contributed by atoms with Gasteiger partial charge >= 0.3 is 11.9 Å². The largest absolute Gasteiger partial charge is 0.481 e. The fourth-order valence-electron chi connectivity index (χ4n) is 3.10. The second-order valence-corrected chi connectivity index (χ2v) is 8.65. The number of carbonyl (C=O) groups excluding carboxylic acids is 4. The van der Waals surface area contributed by atoms with E-state index in [1.807, 2.05) is 0 Å². The highest BCUT2D eigenvalue weighted by molar-refractivity contribution is 5.94. The number of hydrogen-bond acceptors (Lipinski definition) is 8. The zero-order chi connectivity index (χ0) is 27.1. The number of rotatable bonds is 18. The predicted molar refractivity (Wildman–Crippen MR) is 124 cm³/mol. The number of unbranched alkanes of at least 4 members (excludes halogenated alkanes) is 1. The predicted octanol–water partition coefficient (Wildman–Crippen LogP) is -2.23. The summed E-state index contributed by atoms with van der Waals surface area (Å²) in [7, 11) is 0. The van der Waals surface area contributed by atoms with Crippen molar-refractivity contribution >= 4 is 35.6 Å². The van der Waals surface area contributed by atoms with Crippen LogP contribution in [0.5, 0.6) is 0 Å². The number of primary amides is 1. The van der Waals surface area contributed by atoms with Crippen LogP contribution in [0.1, 0.15) is 58.8 Å². The third-order valence-electron chi connectivity index (χ3n) is 4.95. The summed E-state index contributed by atoms with van der Waals surface area (Å²) in [6.45, 7) is 3.92. The molecule has 14 heteroatoms. The maximum atomic E-state index is 13.0. The summed E-state index contributed by atoms with van der Waals surface area (Å²) in [5.74, 6) is -5.85. The normalized spacial score (nSPS) is 14.3. The zero-order valence-electron chi connectivity index (χ0n) is 20.1. The van der Waals surface area contributed by atoms with Crippen molar-refractivity contribution in [2.45, 2.75) is 83.0 Å². The van der Waals surface area contributed by atoms with Gasteiger partial charge < -0.3 is 43.4 Å². The van der Waals surface area contributed by atoms with E-state index in [9.17, 15) is 33.9 Å². The van der Waals surface area contributed by atoms with Crippen LogP contribution in [0.25, 0.3) is 0 Å². The first kappa shape index (κ1) is 31.7. The summed E-state index contributed by atoms with van der Waals surface area (Å²) < 4.78 is 0. The Labute approximate surface area is 203 Å². The lowest BCUT2D eigenvalue weighted by Gasteiger charge is -2.26. The van der Waals surface area contributed by atoms with Crippen LogP contribution in [-0.4, -0.2) is 76.5 Å². The van der Waals surface area contributed by atoms with Crippen molar-refractivity contribution in [3.63, 3.8) is 0 Å². The van der Waals surface area contributed by atoms with Crippen LogP contribution in [-0.2, 0) is 28.8 Å². The van der Waals surface area contributed by atoms with E-state index in [0.717, 1.165) is 0 Å². The lowest BCUT2D eigenvalue weighted by Crippen LogP contribution is -2.57. The Hall–Kier alpha value is -3.26. The number of carbonyl (C=O) groups is 6. The molecule has 0 aliphatic rings. The molecule has 0 fully saturated rings. The molecule has 0 radical (unpaired) electrons. The van der Waals surface area contributed by atoms with Gasteiger partial charge in [0, 0.05) is 6.42 Å². The average Bonchev–Trinajstić information content (AvgIpc) is 2.74. The Morgan fingerprint density at radius 1 is 0.800 bits per heavy atom. The fraction of sp³-hybridized carbons (Fsp3) is 0.714. The minimum atomic E-state index is -1.57. The molecule has 0 heterocycles. The summed E-state index contributed by atoms with van der Waals surface area (Å²) >= 11 is 0. The molecule has 200 valence electrons. The number of aliphatic carboxylic acids is 2. The number of carboxylic acids is 2. The van der Waals surface area contributed by atoms with Crippen molar-refractivity contribution < 1.29 is 39.0 Å². The van der Waals surface area contributed by atoms with E-state index in [0.29, 0.717) is 19.4 Å². The van der Waals surface area contributed by atoms with Gasteiger partial charge in [0.25, 0.3) is 0 Å². The molecule has 0 saturated carbocycles. The molecule has 0 bridgehead atoms. The first-order valence-corrected chi connectivity index (χ1v) is 11.4. The first-order valence-electron chi connectivity index (χ1n) is 11.4. The van der Waals surface area contributed by atoms with Gasteiger partial charge in [-0.3, -0.25) is 24.0 Å². The molecule has 4 amide bonds. The number of amides is 4. The van der Waals surface area contributed by atoms with Gasteiger partial charge in [-0.15, -0.1) is 0 Å². The van der Waals surface area contributed by atoms with Crippen molar-refractivity contribution in [1.82, 2.24) is 16.0 Å². The van der Waals surface area contributed by atoms with Crippen LogP contribution in [0.3, 0.4) is 0 Å². The van der Waals surface area contributed by atoms with Gasteiger partial charge in [-0.25, -0.2) is 4.79 Å². The highest BCUT2D eigenvalue weighted by atomic mass is 16.4. The van der Waals surface area contributed by atoms with Gasteiger partial charge in [0.1, 0.15) is 18.1 Å². The molecule has 11 N–H and O–H groups in total. The van der Waals surface area contributed by atoms with Gasteiger partial charge in [0.2, 0.25) is 23.6 Å². The van der Waals surface area contributed by atoms with E-state index in [2.05, 4.69) is 16.0 Å². The number of nitrogens with one attached hydrogen (secondary N) is 3. The molecule has 14 nitrogen and oxygen atoms in total. The summed E-state index contributed by atoms with van der Waals surface area (Å²) in [6, 6.07) is -4.98. The van der Waals surface area contributed by atoms with Crippen LogP contribution in [0, 0.1) is 5.92 Å². The lowest BCUT2D eigenvalue weighted by atomic mass is 10.0. The molecular weight excluding hydrogens is 464 g/mol. The van der Waals surface area contributed by atoms with Crippen LogP contribution >= 0.6 is 0 Å². The lowest BCUT2D eigenvalue weighted by molar-refractivity contribution is -0.144. The number of carboxylic acid groups (broad SMARTS) is 2. The first-order chi connectivity index (χ1) is 16.3. The molecule has 4 unspecified atom stereocenters. The molecular formula is C21H38N6O8. The molecule has 4 atom stereocenters. The SMILES string of the molecule is CC(C)CC(NC(=O)C(CCCCN)NC(=O)C(N)CCC(=O)O)C(=O)NC(CC(N)=O)C(=O)O. The van der Waals surface area contributed by atoms with Gasteiger partial charge in [-0.1, -0.05) is 13.8 Å². The van der Waals surface area contributed by atoms with Crippen molar-refractivity contribution in [2.24, 2.45) is 23.1 Å². The second-order valence-electron chi connectivity index (χ2n) is 8.65. The van der Waals surface area contributed by atoms with Gasteiger partial charge in [-0.05, 0) is 44.6 Å². The smallest absolute Gasteiger partial charge is 0.326 e. The van der Waals surface area contributed by atoms with Crippen molar-refractivity contribution in [1.29, 1.82) is 0 Å². The molecule has 35 heavy (non-hydrogen) atoms. The van der Waals surface area contributed by atoms with E-state index in [1.165, 1.54) is 0 Å². The standard InChI is InChI=1S/C21H38N6O8/c1-11(2)9-14(20(33)27-15(21(34)35)10-16(24)28)26-19(32)13(5-3-4-8-22)25-18(31)12(23)6-7-17(29)30/h11-15H,3-10,22-23H2,1-2H3,(H2,24,28)(H,25,31)(H,26,32)(H,27,33)(H,29,30)(H,34,35). The van der Waals surface area contributed by atoms with Gasteiger partial charge in [-0.2, -0.15) is 0 Å². The summed E-state index contributed by atoms with van der Waals surface area (Å²) in [4.78, 5) is 71.3. The zero-order valence-corrected chi connectivity index (χ0v) is 20.1. The fourth-order valence-corrected chi connectivity index (χ4v) is 3.10. The number of hydrogen-bond donors (Lipinski definition) is 8. The molecule has 0 aliphatic heterocycles. The summed E-state index contributed by atoms with van der Waals surface area (Å²) in [6.07, 6.45) is 0.264. The minimum Gasteiger partial charge on any atom is -0.481 e. The monoisotopic (exact) mass is 502 g/mol. The highest BCUT2D eigenvalue weighted by Crippen LogP contribution is 2.09. The van der Waals surface area contributed by atoms with Crippen molar-refractivity contribution in [2.75, 3.05) is 6.54 Å². The average molecular weight is 503 g/mol. The maximum absolute atomic E-state index is 13.0. The van der Waals surface area contributed by atoms with Gasteiger partial charge in [0.15, 0.2) is 0 Å². The van der Waals surface area contributed by atoms with E-state index >= 15 is 0 Å². The van der Waals surface area contributed by atoms with Crippen molar-refractivity contribution in [3.8, 4) is 0 Å². The Kier molecular flexibility index (Phi) is 14.9. The second kappa shape index (κ2) is 16.4. The topological polar surface area (TPSA) is 257 Å². The maximum Gasteiger partial charge on any atom is 0.326 e. The van der Waals surface area contributed by atoms with Crippen molar-refractivity contribution in [3.05, 3.63) is 0 Å². The molecule has 0 rings (SSSR count). The van der Waals surface area contributed by atoms with Crippen LogP contribution in [0.4, 0.5) is 0 Å². The van der Waals surface area contributed by atoms with Crippen LogP contribution in [0.15, 0.2) is 0 Å². The Morgan fingerprint density at radius 3 is 1.83 bits per heavy atom. The van der Waals surface area contributed by atoms with Crippen LogP contribution < -0.4 is 33.2 Å². The third kappa shape index (κ3) is 13.9.